The van der Waals surface area contributed by atoms with Crippen LogP contribution >= 0.6 is 19.4 Å². The van der Waals surface area contributed by atoms with Gasteiger partial charge in [-0.15, -0.1) is 0 Å². The van der Waals surface area contributed by atoms with Crippen molar-refractivity contribution in [2.24, 2.45) is 0 Å². The van der Waals surface area contributed by atoms with Crippen molar-refractivity contribution in [2.45, 2.75) is 33.4 Å². The van der Waals surface area contributed by atoms with Crippen molar-refractivity contribution >= 4 is 47.9 Å². The number of fused-ring (bicyclic) bond motifs is 1. The molecular formula is C32H32ClN4O8P. The van der Waals surface area contributed by atoms with Crippen molar-refractivity contribution in [3.05, 3.63) is 101 Å². The fourth-order valence-corrected chi connectivity index (χ4v) is 4.90. The molecule has 0 aliphatic carbocycles. The maximum atomic E-state index is 12.6. The first-order chi connectivity index (χ1) is 22.8. The molecule has 0 spiro atoms. The highest BCUT2D eigenvalue weighted by atomic mass is 35.5. The highest BCUT2D eigenvalue weighted by Gasteiger charge is 2.20. The minimum absolute atomic E-state index is 0.0934. The Morgan fingerprint density at radius 3 is 2.72 bits per heavy atom. The molecule has 0 atom stereocenters. The average molecular weight is 669 g/mol. The molecule has 3 aromatic carbocycles. The maximum absolute atomic E-state index is 12.6. The molecule has 3 N–H and O–H groups in total. The van der Waals surface area contributed by atoms with Crippen LogP contribution in [0.4, 0.5) is 16.3 Å². The van der Waals surface area contributed by atoms with E-state index >= 15 is 0 Å². The molecule has 0 unspecified atom stereocenters. The predicted octanol–water partition coefficient (Wildman–Crippen LogP) is 7.59. The highest BCUT2D eigenvalue weighted by Crippen LogP contribution is 2.36. The number of hydrogen-bond donors (Lipinski definition) is 3. The molecule has 0 radical (unpaired) electrons. The van der Waals surface area contributed by atoms with Crippen LogP contribution in [0.1, 0.15) is 33.0 Å². The Labute approximate surface area is 273 Å². The predicted molar refractivity (Wildman–Crippen MR) is 173 cm³/mol. The van der Waals surface area contributed by atoms with Crippen LogP contribution in [-0.2, 0) is 27.0 Å². The molecule has 0 saturated heterocycles. The molecule has 14 heteroatoms. The van der Waals surface area contributed by atoms with Gasteiger partial charge in [-0.05, 0) is 67.4 Å². The Morgan fingerprint density at radius 2 is 1.96 bits per heavy atom. The number of phosphoric acid groups is 1. The first-order valence-corrected chi connectivity index (χ1v) is 16.0. The topological polar surface area (TPSA) is 156 Å². The van der Waals surface area contributed by atoms with Crippen LogP contribution in [0.5, 0.6) is 5.75 Å². The van der Waals surface area contributed by atoms with Crippen LogP contribution in [0.15, 0.2) is 83.5 Å². The van der Waals surface area contributed by atoms with E-state index in [1.54, 1.807) is 36.4 Å². The smallest absolute Gasteiger partial charge is 0.472 e. The third-order valence-electron chi connectivity index (χ3n) is 6.54. The molecule has 5 aromatic rings. The molecule has 0 aliphatic heterocycles. The first kappa shape index (κ1) is 30.2. The zero-order valence-electron chi connectivity index (χ0n) is 26.8. The number of anilines is 2. The Hall–Kier alpha value is -4.45. The van der Waals surface area contributed by atoms with Gasteiger partial charge in [-0.25, -0.2) is 23.9 Å². The lowest BCUT2D eigenvalue weighted by molar-refractivity contribution is 0.0181. The number of phosphoric ester groups is 1. The lowest BCUT2D eigenvalue weighted by Crippen LogP contribution is -2.32. The summed E-state index contributed by atoms with van der Waals surface area (Å²) in [5.41, 5.74) is 4.18. The molecule has 12 nitrogen and oxygen atoms in total. The van der Waals surface area contributed by atoms with E-state index in [1.165, 1.54) is 13.3 Å². The summed E-state index contributed by atoms with van der Waals surface area (Å²) in [4.78, 5) is 39.8. The van der Waals surface area contributed by atoms with Gasteiger partial charge in [0.05, 0.1) is 17.1 Å². The number of halogens is 1. The van der Waals surface area contributed by atoms with Crippen LogP contribution in [-0.4, -0.2) is 44.0 Å². The third kappa shape index (κ3) is 8.84. The molecule has 2 aromatic heterocycles. The van der Waals surface area contributed by atoms with Gasteiger partial charge in [-0.2, -0.15) is 0 Å². The summed E-state index contributed by atoms with van der Waals surface area (Å²) in [5.74, 6) is 1.72. The second-order valence-corrected chi connectivity index (χ2v) is 11.7. The molecule has 0 fully saturated rings. The summed E-state index contributed by atoms with van der Waals surface area (Å²) in [6, 6.07) is 22.1. The van der Waals surface area contributed by atoms with E-state index in [4.69, 9.17) is 38.0 Å². The summed E-state index contributed by atoms with van der Waals surface area (Å²) in [5, 5.41) is 4.39. The lowest BCUT2D eigenvalue weighted by Gasteiger charge is -2.20. The van der Waals surface area contributed by atoms with Gasteiger partial charge in [0, 0.05) is 25.9 Å². The fourth-order valence-electron chi connectivity index (χ4n) is 4.48. The SMILES string of the molecule is [2H]C([2H])(CC)N(Cc1ccc(-c2ccc3ncnc(Nc4ccc(OCc5cccc(C)c5)c(Cl)c4)c3c2)o1)C(=O)OCOP(=O)(O)O. The standard InChI is InChI=1S/C32H32ClN4O8P/c1-3-13-37(32(38)43-20-44-46(39,40)41)17-25-9-12-29(45-25)23-7-10-28-26(15-23)31(35-19-34-28)36-24-8-11-30(27(33)16-24)42-18-22-6-4-5-21(2)14-22/h4-12,14-16,19H,3,13,17-18,20H2,1-2H3,(H,34,35,36)(H2,39,40,41)/i13D2. The molecular weight excluding hydrogens is 635 g/mol. The summed E-state index contributed by atoms with van der Waals surface area (Å²) in [6.45, 7) is 0.381. The van der Waals surface area contributed by atoms with Gasteiger partial charge in [0.25, 0.3) is 0 Å². The number of benzene rings is 3. The van der Waals surface area contributed by atoms with E-state index in [9.17, 15) is 9.36 Å². The summed E-state index contributed by atoms with van der Waals surface area (Å²) < 4.78 is 48.2. The highest BCUT2D eigenvalue weighted by molar-refractivity contribution is 7.46. The molecule has 0 bridgehead atoms. The number of carbonyl (C=O) groups is 1. The number of aromatic nitrogens is 2. The molecule has 1 amide bonds. The fraction of sp³-hybridized carbons (Fsp3) is 0.219. The second-order valence-electron chi connectivity index (χ2n) is 10.0. The number of furan rings is 1. The minimum atomic E-state index is -4.89. The number of nitrogens with zero attached hydrogens (tertiary/aromatic N) is 3. The molecule has 2 heterocycles. The minimum Gasteiger partial charge on any atom is -0.487 e. The molecule has 240 valence electrons. The van der Waals surface area contributed by atoms with Gasteiger partial charge in [0.1, 0.15) is 36.0 Å². The van der Waals surface area contributed by atoms with E-state index in [0.717, 1.165) is 16.0 Å². The summed E-state index contributed by atoms with van der Waals surface area (Å²) >= 11 is 6.55. The van der Waals surface area contributed by atoms with Gasteiger partial charge in [-0.3, -0.25) is 0 Å². The Bertz CT molecular complexity index is 1970. The summed E-state index contributed by atoms with van der Waals surface area (Å²) in [6.07, 6.45) is 0.165. The summed E-state index contributed by atoms with van der Waals surface area (Å²) in [7, 11) is -4.89. The van der Waals surface area contributed by atoms with Crippen LogP contribution in [0.3, 0.4) is 0 Å². The van der Waals surface area contributed by atoms with Crippen molar-refractivity contribution in [1.29, 1.82) is 0 Å². The number of nitrogens with one attached hydrogen (secondary N) is 1. The van der Waals surface area contributed by atoms with E-state index in [2.05, 4.69) is 25.9 Å². The lowest BCUT2D eigenvalue weighted by atomic mass is 10.1. The molecule has 0 aliphatic rings. The van der Waals surface area contributed by atoms with Crippen molar-refractivity contribution < 1.29 is 40.3 Å². The maximum Gasteiger partial charge on any atom is 0.472 e. The zero-order valence-corrected chi connectivity index (χ0v) is 26.5. The number of amides is 1. The number of hydrogen-bond acceptors (Lipinski definition) is 9. The van der Waals surface area contributed by atoms with Crippen molar-refractivity contribution in [3.8, 4) is 17.1 Å². The zero-order chi connectivity index (χ0) is 34.5. The van der Waals surface area contributed by atoms with E-state index < -0.39 is 27.2 Å². The van der Waals surface area contributed by atoms with Crippen molar-refractivity contribution in [2.75, 3.05) is 18.6 Å². The van der Waals surface area contributed by atoms with Gasteiger partial charge in [0.2, 0.25) is 6.79 Å². The van der Waals surface area contributed by atoms with Gasteiger partial charge in [-0.1, -0.05) is 48.4 Å². The number of carbonyl (C=O) groups excluding carboxylic acids is 1. The van der Waals surface area contributed by atoms with E-state index in [0.29, 0.717) is 51.1 Å². The van der Waals surface area contributed by atoms with Crippen LogP contribution in [0, 0.1) is 6.92 Å². The third-order valence-corrected chi connectivity index (χ3v) is 7.28. The van der Waals surface area contributed by atoms with Crippen LogP contribution < -0.4 is 10.1 Å². The Kier molecular flexibility index (Phi) is 9.70. The average Bonchev–Trinajstić information content (AvgIpc) is 3.51. The van der Waals surface area contributed by atoms with Gasteiger partial charge >= 0.3 is 13.9 Å². The van der Waals surface area contributed by atoms with Crippen LogP contribution in [0.2, 0.25) is 5.02 Å². The van der Waals surface area contributed by atoms with Gasteiger partial charge in [0.15, 0.2) is 0 Å². The first-order valence-electron chi connectivity index (χ1n) is 15.0. The molecule has 5 rings (SSSR count). The second kappa shape index (κ2) is 14.8. The monoisotopic (exact) mass is 668 g/mol. The Morgan fingerprint density at radius 1 is 1.11 bits per heavy atom. The van der Waals surface area contributed by atoms with E-state index in [1.807, 2.05) is 37.3 Å². The number of rotatable bonds is 13. The quantitative estimate of drug-likeness (QED) is 0.0839. The van der Waals surface area contributed by atoms with Gasteiger partial charge < -0.3 is 33.9 Å². The van der Waals surface area contributed by atoms with Crippen LogP contribution in [0.25, 0.3) is 22.2 Å². The Balaban J connectivity index is 1.32. The number of aryl methyl sites for hydroxylation is 1. The molecule has 0 saturated carbocycles. The van der Waals surface area contributed by atoms with Crippen molar-refractivity contribution in [1.82, 2.24) is 14.9 Å². The largest absolute Gasteiger partial charge is 0.487 e. The van der Waals surface area contributed by atoms with E-state index in [-0.39, 0.29) is 18.7 Å². The normalized spacial score (nSPS) is 12.4. The molecule has 46 heavy (non-hydrogen) atoms. The van der Waals surface area contributed by atoms with Crippen molar-refractivity contribution in [3.63, 3.8) is 0 Å². The number of ether oxygens (including phenoxy) is 2.